The van der Waals surface area contributed by atoms with Crippen LogP contribution in [0.3, 0.4) is 0 Å². The molecule has 0 bridgehead atoms. The Labute approximate surface area is 97.9 Å². The van der Waals surface area contributed by atoms with Crippen LogP contribution in [0.1, 0.15) is 31.2 Å². The van der Waals surface area contributed by atoms with Crippen molar-refractivity contribution in [2.45, 2.75) is 31.1 Å². The molecule has 0 spiro atoms. The zero-order chi connectivity index (χ0) is 12.5. The number of rotatable bonds is 1. The maximum Gasteiger partial charge on any atom is 0.157 e. The van der Waals surface area contributed by atoms with Crippen molar-refractivity contribution in [2.24, 2.45) is 0 Å². The van der Waals surface area contributed by atoms with Crippen LogP contribution in [0.15, 0.2) is 18.2 Å². The molecule has 88 valence electrons. The van der Waals surface area contributed by atoms with Crippen molar-refractivity contribution in [3.8, 4) is 6.07 Å². The molecular formula is C13H11F2NO. The third-order valence-electron chi connectivity index (χ3n) is 3.26. The third-order valence-corrected chi connectivity index (χ3v) is 3.26. The molecule has 1 atom stereocenters. The van der Waals surface area contributed by atoms with E-state index in [9.17, 15) is 18.8 Å². The van der Waals surface area contributed by atoms with Crippen LogP contribution < -0.4 is 0 Å². The molecule has 1 aromatic rings. The highest BCUT2D eigenvalue weighted by Crippen LogP contribution is 2.37. The Morgan fingerprint density at radius 2 is 2.06 bits per heavy atom. The molecule has 2 nitrogen and oxygen atoms in total. The molecule has 17 heavy (non-hydrogen) atoms. The minimum absolute atomic E-state index is 0.00565. The molecule has 0 heterocycles. The Bertz CT molecular complexity index is 507. The van der Waals surface area contributed by atoms with Crippen LogP contribution in [0.5, 0.6) is 0 Å². The van der Waals surface area contributed by atoms with Gasteiger partial charge in [0.2, 0.25) is 0 Å². The van der Waals surface area contributed by atoms with Gasteiger partial charge in [0, 0.05) is 18.1 Å². The van der Waals surface area contributed by atoms with Gasteiger partial charge in [-0.15, -0.1) is 0 Å². The number of ketones is 1. The summed E-state index contributed by atoms with van der Waals surface area (Å²) in [5.74, 6) is -1.79. The molecule has 0 saturated heterocycles. The summed E-state index contributed by atoms with van der Waals surface area (Å²) >= 11 is 0. The predicted octanol–water partition coefficient (Wildman–Crippen LogP) is 2.87. The number of benzene rings is 1. The summed E-state index contributed by atoms with van der Waals surface area (Å²) in [4.78, 5) is 11.9. The Morgan fingerprint density at radius 3 is 2.65 bits per heavy atom. The topological polar surface area (TPSA) is 40.9 Å². The van der Waals surface area contributed by atoms with Crippen molar-refractivity contribution >= 4 is 5.78 Å². The van der Waals surface area contributed by atoms with Gasteiger partial charge in [-0.3, -0.25) is 4.79 Å². The molecule has 0 N–H and O–H groups in total. The first-order valence-corrected chi connectivity index (χ1v) is 5.50. The lowest BCUT2D eigenvalue weighted by atomic mass is 9.69. The van der Waals surface area contributed by atoms with Crippen molar-refractivity contribution < 1.29 is 13.6 Å². The molecular weight excluding hydrogens is 224 g/mol. The highest BCUT2D eigenvalue weighted by molar-refractivity contribution is 5.93. The van der Waals surface area contributed by atoms with Crippen molar-refractivity contribution in [3.05, 3.63) is 35.4 Å². The summed E-state index contributed by atoms with van der Waals surface area (Å²) < 4.78 is 26.5. The lowest BCUT2D eigenvalue weighted by Crippen LogP contribution is -2.38. The summed E-state index contributed by atoms with van der Waals surface area (Å²) in [7, 11) is 0. The van der Waals surface area contributed by atoms with Gasteiger partial charge in [0.1, 0.15) is 17.0 Å². The number of carbonyl (C=O) groups excluding carboxylic acids is 1. The van der Waals surface area contributed by atoms with E-state index >= 15 is 0 Å². The van der Waals surface area contributed by atoms with Gasteiger partial charge in [-0.1, -0.05) is 12.5 Å². The maximum atomic E-state index is 13.7. The summed E-state index contributed by atoms with van der Waals surface area (Å²) in [6, 6.07) is 4.94. The first kappa shape index (κ1) is 11.7. The Balaban J connectivity index is 2.55. The van der Waals surface area contributed by atoms with E-state index in [1.807, 2.05) is 6.07 Å². The van der Waals surface area contributed by atoms with E-state index in [4.69, 9.17) is 0 Å². The van der Waals surface area contributed by atoms with Gasteiger partial charge < -0.3 is 0 Å². The highest BCUT2D eigenvalue weighted by Gasteiger charge is 2.43. The Hall–Kier alpha value is -1.76. The number of hydrogen-bond donors (Lipinski definition) is 0. The number of nitriles is 1. The van der Waals surface area contributed by atoms with E-state index in [1.165, 1.54) is 6.07 Å². The van der Waals surface area contributed by atoms with Crippen molar-refractivity contribution in [1.82, 2.24) is 0 Å². The minimum atomic E-state index is -1.42. The first-order valence-electron chi connectivity index (χ1n) is 5.50. The fourth-order valence-corrected chi connectivity index (χ4v) is 2.33. The second-order valence-corrected chi connectivity index (χ2v) is 4.27. The first-order chi connectivity index (χ1) is 8.10. The van der Waals surface area contributed by atoms with Crippen LogP contribution >= 0.6 is 0 Å². The molecule has 0 aromatic heterocycles. The van der Waals surface area contributed by atoms with Crippen LogP contribution in [0.25, 0.3) is 0 Å². The summed E-state index contributed by atoms with van der Waals surface area (Å²) in [6.45, 7) is 0. The van der Waals surface area contributed by atoms with E-state index in [-0.39, 0.29) is 17.8 Å². The maximum absolute atomic E-state index is 13.7. The molecule has 1 saturated carbocycles. The van der Waals surface area contributed by atoms with E-state index in [2.05, 4.69) is 0 Å². The summed E-state index contributed by atoms with van der Waals surface area (Å²) in [6.07, 6.45) is 2.02. The van der Waals surface area contributed by atoms with Crippen molar-refractivity contribution in [3.63, 3.8) is 0 Å². The summed E-state index contributed by atoms with van der Waals surface area (Å²) in [5, 5.41) is 9.23. The van der Waals surface area contributed by atoms with Gasteiger partial charge >= 0.3 is 0 Å². The van der Waals surface area contributed by atoms with Crippen LogP contribution in [0.4, 0.5) is 8.78 Å². The van der Waals surface area contributed by atoms with Gasteiger partial charge in [0.15, 0.2) is 5.78 Å². The molecule has 1 aromatic carbocycles. The largest absolute Gasteiger partial charge is 0.298 e. The van der Waals surface area contributed by atoms with Crippen LogP contribution in [0, 0.1) is 23.0 Å². The number of Topliss-reactive ketones (excluding diaryl/α,β-unsaturated/α-hetero) is 1. The predicted molar refractivity (Wildman–Crippen MR) is 57.1 cm³/mol. The van der Waals surface area contributed by atoms with Crippen LogP contribution in [0.2, 0.25) is 0 Å². The normalized spacial score (nSPS) is 24.4. The van der Waals surface area contributed by atoms with Gasteiger partial charge in [-0.25, -0.2) is 8.78 Å². The van der Waals surface area contributed by atoms with E-state index in [0.717, 1.165) is 18.6 Å². The lowest BCUT2D eigenvalue weighted by molar-refractivity contribution is -0.124. The lowest BCUT2D eigenvalue weighted by Gasteiger charge is -2.29. The SMILES string of the molecule is N#CC1(c2ccc(F)cc2F)CCCCC1=O. The van der Waals surface area contributed by atoms with E-state index < -0.39 is 17.0 Å². The average Bonchev–Trinajstić information content (AvgIpc) is 2.31. The second-order valence-electron chi connectivity index (χ2n) is 4.27. The van der Waals surface area contributed by atoms with Crippen molar-refractivity contribution in [1.29, 1.82) is 5.26 Å². The number of carbonyl (C=O) groups is 1. The molecule has 0 amide bonds. The number of halogens is 2. The molecule has 0 radical (unpaired) electrons. The monoisotopic (exact) mass is 235 g/mol. The summed E-state index contributed by atoms with van der Waals surface area (Å²) in [5.41, 5.74) is -1.41. The molecule has 1 unspecified atom stereocenters. The van der Waals surface area contributed by atoms with Gasteiger partial charge in [0.25, 0.3) is 0 Å². The fraction of sp³-hybridized carbons (Fsp3) is 0.385. The quantitative estimate of drug-likeness (QED) is 0.751. The zero-order valence-corrected chi connectivity index (χ0v) is 9.17. The van der Waals surface area contributed by atoms with Crippen LogP contribution in [-0.4, -0.2) is 5.78 Å². The number of nitrogens with zero attached hydrogens (tertiary/aromatic N) is 1. The highest BCUT2D eigenvalue weighted by atomic mass is 19.1. The third kappa shape index (κ3) is 1.82. The molecule has 1 aliphatic carbocycles. The molecule has 0 aliphatic heterocycles. The van der Waals surface area contributed by atoms with Gasteiger partial charge in [0.05, 0.1) is 6.07 Å². The fourth-order valence-electron chi connectivity index (χ4n) is 2.33. The molecule has 4 heteroatoms. The smallest absolute Gasteiger partial charge is 0.157 e. The minimum Gasteiger partial charge on any atom is -0.298 e. The Kier molecular flexibility index (Phi) is 2.93. The van der Waals surface area contributed by atoms with Gasteiger partial charge in [-0.05, 0) is 18.9 Å². The Morgan fingerprint density at radius 1 is 1.29 bits per heavy atom. The van der Waals surface area contributed by atoms with Crippen LogP contribution in [-0.2, 0) is 10.2 Å². The van der Waals surface area contributed by atoms with E-state index in [1.54, 1.807) is 0 Å². The molecule has 1 aliphatic rings. The molecule has 2 rings (SSSR count). The number of hydrogen-bond acceptors (Lipinski definition) is 2. The zero-order valence-electron chi connectivity index (χ0n) is 9.17. The van der Waals surface area contributed by atoms with E-state index in [0.29, 0.717) is 12.8 Å². The molecule has 1 fully saturated rings. The van der Waals surface area contributed by atoms with Gasteiger partial charge in [-0.2, -0.15) is 5.26 Å². The standard InChI is InChI=1S/C13H11F2NO/c14-9-4-5-10(11(15)7-9)13(8-16)6-2-1-3-12(13)17/h4-5,7H,1-3,6H2. The average molecular weight is 235 g/mol. The second kappa shape index (κ2) is 4.25. The van der Waals surface area contributed by atoms with Crippen molar-refractivity contribution in [2.75, 3.05) is 0 Å².